The fraction of sp³-hybridized carbons (Fsp3) is 0.174. The minimum absolute atomic E-state index is 0.154. The number of thiophene rings is 1. The Labute approximate surface area is 211 Å². The van der Waals surface area contributed by atoms with Gasteiger partial charge < -0.3 is 26.0 Å². The van der Waals surface area contributed by atoms with Gasteiger partial charge in [-0.3, -0.25) is 9.59 Å². The van der Waals surface area contributed by atoms with Crippen molar-refractivity contribution < 1.29 is 27.9 Å². The van der Waals surface area contributed by atoms with Crippen LogP contribution in [0.2, 0.25) is 5.02 Å². The third kappa shape index (κ3) is 5.61. The normalized spacial score (nSPS) is 12.4. The molecule has 36 heavy (non-hydrogen) atoms. The van der Waals surface area contributed by atoms with E-state index in [-0.39, 0.29) is 17.0 Å². The van der Waals surface area contributed by atoms with Gasteiger partial charge in [-0.05, 0) is 41.3 Å². The Bertz CT molecular complexity index is 1410. The van der Waals surface area contributed by atoms with Crippen molar-refractivity contribution in [2.75, 3.05) is 11.9 Å². The summed E-state index contributed by atoms with van der Waals surface area (Å²) in [7, 11) is 0. The summed E-state index contributed by atoms with van der Waals surface area (Å²) in [6, 6.07) is 7.23. The van der Waals surface area contributed by atoms with Gasteiger partial charge in [-0.1, -0.05) is 17.7 Å². The van der Waals surface area contributed by atoms with Gasteiger partial charge >= 0.3 is 6.18 Å². The molecule has 0 aliphatic carbocycles. The van der Waals surface area contributed by atoms with E-state index in [0.717, 1.165) is 28.9 Å². The van der Waals surface area contributed by atoms with Crippen molar-refractivity contribution in [1.29, 1.82) is 0 Å². The third-order valence-corrected chi connectivity index (χ3v) is 6.45. The van der Waals surface area contributed by atoms with E-state index in [1.807, 2.05) is 6.07 Å². The molecule has 1 unspecified atom stereocenters. The summed E-state index contributed by atoms with van der Waals surface area (Å²) in [4.78, 5) is 32.9. The number of aliphatic hydroxyl groups is 1. The van der Waals surface area contributed by atoms with Crippen LogP contribution in [0, 0.1) is 0 Å². The molecule has 0 bridgehead atoms. The number of aromatic amines is 1. The standard InChI is InChI=1S/C23H19ClF3N5O3S/c24-15-2-1-12(9-14(15)23(25,26)27)10-30-21(34)18(11-33)32-22(35)19-17(5-8-36-19)31-16-4-7-29-20-13(16)3-6-28-20/h1-9,18,33H,10-11H2,(H,30,34)(H,32,35)(H2,28,29,31). The van der Waals surface area contributed by atoms with Crippen molar-refractivity contribution in [2.45, 2.75) is 18.8 Å². The number of nitrogens with zero attached hydrogens (tertiary/aromatic N) is 1. The third-order valence-electron chi connectivity index (χ3n) is 5.21. The van der Waals surface area contributed by atoms with Gasteiger partial charge in [0.15, 0.2) is 0 Å². The van der Waals surface area contributed by atoms with E-state index in [0.29, 0.717) is 17.0 Å². The number of fused-ring (bicyclic) bond motifs is 1. The Hall–Kier alpha value is -3.61. The Balaban J connectivity index is 1.41. The maximum Gasteiger partial charge on any atom is 0.417 e. The number of carbonyl (C=O) groups excluding carboxylic acids is 2. The summed E-state index contributed by atoms with van der Waals surface area (Å²) in [6.07, 6.45) is -1.30. The van der Waals surface area contributed by atoms with Gasteiger partial charge in [0.1, 0.15) is 16.6 Å². The maximum atomic E-state index is 13.1. The number of amides is 2. The number of carbonyl (C=O) groups is 2. The second-order valence-electron chi connectivity index (χ2n) is 7.63. The molecule has 5 N–H and O–H groups in total. The second-order valence-corrected chi connectivity index (χ2v) is 8.95. The van der Waals surface area contributed by atoms with Crippen molar-refractivity contribution in [3.05, 3.63) is 75.2 Å². The number of nitrogens with one attached hydrogen (secondary N) is 4. The van der Waals surface area contributed by atoms with Crippen LogP contribution < -0.4 is 16.0 Å². The first-order valence-electron chi connectivity index (χ1n) is 10.5. The van der Waals surface area contributed by atoms with Crippen molar-refractivity contribution in [1.82, 2.24) is 20.6 Å². The monoisotopic (exact) mass is 537 g/mol. The van der Waals surface area contributed by atoms with Gasteiger partial charge in [-0.2, -0.15) is 13.2 Å². The fourth-order valence-corrected chi connectivity index (χ4v) is 4.41. The highest BCUT2D eigenvalue weighted by molar-refractivity contribution is 7.12. The molecule has 4 rings (SSSR count). The Morgan fingerprint density at radius 2 is 1.97 bits per heavy atom. The van der Waals surface area contributed by atoms with Gasteiger partial charge in [-0.15, -0.1) is 11.3 Å². The first-order valence-corrected chi connectivity index (χ1v) is 11.7. The molecular weight excluding hydrogens is 519 g/mol. The number of hydrogen-bond acceptors (Lipinski definition) is 6. The van der Waals surface area contributed by atoms with Gasteiger partial charge in [0.05, 0.1) is 28.6 Å². The molecule has 13 heteroatoms. The molecular formula is C23H19ClF3N5O3S. The molecule has 188 valence electrons. The molecule has 8 nitrogen and oxygen atoms in total. The van der Waals surface area contributed by atoms with Gasteiger partial charge in [0.2, 0.25) is 5.91 Å². The van der Waals surface area contributed by atoms with Crippen LogP contribution in [-0.4, -0.2) is 39.5 Å². The molecule has 0 saturated heterocycles. The van der Waals surface area contributed by atoms with E-state index < -0.39 is 41.2 Å². The highest BCUT2D eigenvalue weighted by Crippen LogP contribution is 2.35. The zero-order valence-electron chi connectivity index (χ0n) is 18.3. The molecule has 0 aliphatic heterocycles. The lowest BCUT2D eigenvalue weighted by molar-refractivity contribution is -0.137. The summed E-state index contributed by atoms with van der Waals surface area (Å²) < 4.78 is 39.2. The summed E-state index contributed by atoms with van der Waals surface area (Å²) in [5, 5.41) is 19.8. The Morgan fingerprint density at radius 3 is 2.72 bits per heavy atom. The molecule has 3 heterocycles. The minimum atomic E-state index is -4.64. The van der Waals surface area contributed by atoms with Gasteiger partial charge in [-0.25, -0.2) is 4.98 Å². The van der Waals surface area contributed by atoms with Crippen molar-refractivity contribution in [3.8, 4) is 0 Å². The van der Waals surface area contributed by atoms with Crippen LogP contribution in [0.15, 0.2) is 54.2 Å². The zero-order chi connectivity index (χ0) is 25.9. The predicted molar refractivity (Wildman–Crippen MR) is 130 cm³/mol. The lowest BCUT2D eigenvalue weighted by atomic mass is 10.1. The summed E-state index contributed by atoms with van der Waals surface area (Å²) in [5.41, 5.74) is 1.00. The lowest BCUT2D eigenvalue weighted by Gasteiger charge is -2.17. The molecule has 1 aromatic carbocycles. The summed E-state index contributed by atoms with van der Waals surface area (Å²) in [5.74, 6) is -1.37. The number of hydrogen-bond donors (Lipinski definition) is 5. The van der Waals surface area contributed by atoms with Crippen LogP contribution in [0.25, 0.3) is 11.0 Å². The van der Waals surface area contributed by atoms with Crippen molar-refractivity contribution >= 4 is 57.2 Å². The van der Waals surface area contributed by atoms with E-state index in [4.69, 9.17) is 11.6 Å². The number of alkyl halides is 3. The van der Waals surface area contributed by atoms with Crippen molar-refractivity contribution in [3.63, 3.8) is 0 Å². The van der Waals surface area contributed by atoms with E-state index in [1.165, 1.54) is 6.07 Å². The number of aromatic nitrogens is 2. The molecule has 2 amide bonds. The number of aliphatic hydroxyl groups excluding tert-OH is 1. The van der Waals surface area contributed by atoms with Crippen LogP contribution in [0.3, 0.4) is 0 Å². The highest BCUT2D eigenvalue weighted by atomic mass is 35.5. The fourth-order valence-electron chi connectivity index (χ4n) is 3.43. The molecule has 3 aromatic heterocycles. The molecule has 0 fully saturated rings. The first kappa shape index (κ1) is 25.5. The van der Waals surface area contributed by atoms with E-state index in [1.54, 1.807) is 29.9 Å². The zero-order valence-corrected chi connectivity index (χ0v) is 19.9. The number of anilines is 2. The maximum absolute atomic E-state index is 13.1. The molecule has 1 atom stereocenters. The van der Waals surface area contributed by atoms with Gasteiger partial charge in [0.25, 0.3) is 5.91 Å². The Morgan fingerprint density at radius 1 is 1.17 bits per heavy atom. The average Bonchev–Trinajstić information content (AvgIpc) is 3.51. The molecule has 0 aliphatic rings. The minimum Gasteiger partial charge on any atom is -0.394 e. The number of pyridine rings is 1. The molecule has 0 saturated carbocycles. The van der Waals surface area contributed by atoms with Crippen LogP contribution in [0.4, 0.5) is 24.5 Å². The smallest absolute Gasteiger partial charge is 0.394 e. The van der Waals surface area contributed by atoms with E-state index >= 15 is 0 Å². The number of rotatable bonds is 8. The molecule has 0 spiro atoms. The van der Waals surface area contributed by atoms with Gasteiger partial charge in [0, 0.05) is 24.3 Å². The average molecular weight is 538 g/mol. The van der Waals surface area contributed by atoms with E-state index in [2.05, 4.69) is 25.9 Å². The van der Waals surface area contributed by atoms with Crippen LogP contribution >= 0.6 is 22.9 Å². The lowest BCUT2D eigenvalue weighted by Crippen LogP contribution is -2.48. The van der Waals surface area contributed by atoms with Crippen LogP contribution in [-0.2, 0) is 17.5 Å². The predicted octanol–water partition coefficient (Wildman–Crippen LogP) is 4.45. The van der Waals surface area contributed by atoms with Crippen LogP contribution in [0.5, 0.6) is 0 Å². The SMILES string of the molecule is O=C(NC(CO)C(=O)NCc1ccc(Cl)c(C(F)(F)F)c1)c1sccc1Nc1ccnc2[nH]ccc12. The molecule has 4 aromatic rings. The first-order chi connectivity index (χ1) is 17.2. The Kier molecular flexibility index (Phi) is 7.48. The highest BCUT2D eigenvalue weighted by Gasteiger charge is 2.33. The number of benzene rings is 1. The quantitative estimate of drug-likeness (QED) is 0.227. The topological polar surface area (TPSA) is 119 Å². The summed E-state index contributed by atoms with van der Waals surface area (Å²) in [6.45, 7) is -0.972. The van der Waals surface area contributed by atoms with Crippen LogP contribution in [0.1, 0.15) is 20.8 Å². The second kappa shape index (κ2) is 10.6. The largest absolute Gasteiger partial charge is 0.417 e. The van der Waals surface area contributed by atoms with E-state index in [9.17, 15) is 27.9 Å². The molecule has 0 radical (unpaired) electrons. The summed E-state index contributed by atoms with van der Waals surface area (Å²) >= 11 is 6.75. The number of halogens is 4. The number of H-pyrrole nitrogens is 1. The van der Waals surface area contributed by atoms with Crippen molar-refractivity contribution in [2.24, 2.45) is 0 Å².